The summed E-state index contributed by atoms with van der Waals surface area (Å²) in [4.78, 5) is 8.71. The smallest absolute Gasteiger partial charge is 0.226 e. The molecule has 1 aliphatic rings. The van der Waals surface area contributed by atoms with Crippen LogP contribution in [-0.2, 0) is 13.7 Å². The molecule has 3 heterocycles. The van der Waals surface area contributed by atoms with Crippen LogP contribution in [0.15, 0.2) is 42.7 Å². The number of nitrogens with two attached hydrogens (primary N) is 1. The summed E-state index contributed by atoms with van der Waals surface area (Å²) in [6.45, 7) is 0.0638. The van der Waals surface area contributed by atoms with Crippen molar-refractivity contribution in [3.63, 3.8) is 0 Å². The summed E-state index contributed by atoms with van der Waals surface area (Å²) in [6, 6.07) is 10.5. The molecule has 1 fully saturated rings. The molecule has 4 aromatic rings. The van der Waals surface area contributed by atoms with Gasteiger partial charge < -0.3 is 15.4 Å². The van der Waals surface area contributed by atoms with E-state index >= 15 is 0 Å². The fourth-order valence-electron chi connectivity index (χ4n) is 4.64. The van der Waals surface area contributed by atoms with E-state index in [9.17, 15) is 5.11 Å². The lowest BCUT2D eigenvalue weighted by Crippen LogP contribution is -2.06. The summed E-state index contributed by atoms with van der Waals surface area (Å²) >= 11 is 6.16. The van der Waals surface area contributed by atoms with Gasteiger partial charge in [0, 0.05) is 31.0 Å². The van der Waals surface area contributed by atoms with E-state index in [4.69, 9.17) is 17.3 Å². The average Bonchev–Trinajstić information content (AvgIpc) is 3.46. The second-order valence-electron chi connectivity index (χ2n) is 7.97. The predicted octanol–water partition coefficient (Wildman–Crippen LogP) is 4.07. The van der Waals surface area contributed by atoms with Crippen LogP contribution in [0.3, 0.4) is 0 Å². The highest BCUT2D eigenvalue weighted by atomic mass is 35.5. The van der Waals surface area contributed by atoms with Crippen molar-refractivity contribution in [1.82, 2.24) is 24.3 Å². The minimum Gasteiger partial charge on any atom is -0.392 e. The third-order valence-corrected chi connectivity index (χ3v) is 6.23. The second-order valence-corrected chi connectivity index (χ2v) is 8.31. The number of aliphatic hydroxyl groups excluding tert-OH is 1. The summed E-state index contributed by atoms with van der Waals surface area (Å²) < 4.78 is 3.96. The highest BCUT2D eigenvalue weighted by molar-refractivity contribution is 6.29. The Balaban J connectivity index is 1.56. The van der Waals surface area contributed by atoms with Gasteiger partial charge in [-0.2, -0.15) is 10.1 Å². The zero-order valence-electron chi connectivity index (χ0n) is 16.7. The SMILES string of the molecule is Cn1ccc(-c2cn(C3CCC(c4cccc(CO)c4)C3)c3nc(Cl)nc(N)c23)n1. The summed E-state index contributed by atoms with van der Waals surface area (Å²) in [5, 5.41) is 15.0. The number of rotatable bonds is 4. The average molecular weight is 423 g/mol. The number of benzene rings is 1. The standard InChI is InChI=1S/C22H23ClN6O/c1-28-8-7-18(27-28)17-11-29(21-19(17)20(24)25-22(23)26-21)16-6-5-15(10-16)14-4-2-3-13(9-14)12-30/h2-4,7-9,11,15-16,30H,5-6,10,12H2,1H3,(H2,24,25,26). The molecule has 7 nitrogen and oxygen atoms in total. The number of hydrogen-bond donors (Lipinski definition) is 2. The van der Waals surface area contributed by atoms with Crippen LogP contribution in [0.2, 0.25) is 5.28 Å². The van der Waals surface area contributed by atoms with Crippen LogP contribution in [-0.4, -0.2) is 29.4 Å². The summed E-state index contributed by atoms with van der Waals surface area (Å²) in [7, 11) is 1.89. The molecule has 1 aliphatic carbocycles. The van der Waals surface area contributed by atoms with Gasteiger partial charge in [0.2, 0.25) is 5.28 Å². The maximum absolute atomic E-state index is 9.47. The van der Waals surface area contributed by atoms with Gasteiger partial charge in [-0.1, -0.05) is 24.3 Å². The van der Waals surface area contributed by atoms with Crippen molar-refractivity contribution in [1.29, 1.82) is 0 Å². The highest BCUT2D eigenvalue weighted by Crippen LogP contribution is 2.44. The molecule has 1 saturated carbocycles. The van der Waals surface area contributed by atoms with Gasteiger partial charge in [0.1, 0.15) is 11.5 Å². The molecule has 154 valence electrons. The molecule has 2 unspecified atom stereocenters. The molecule has 8 heteroatoms. The van der Waals surface area contributed by atoms with Gasteiger partial charge in [0.25, 0.3) is 0 Å². The normalized spacial score (nSPS) is 19.0. The summed E-state index contributed by atoms with van der Waals surface area (Å²) in [5.41, 5.74) is 11.0. The number of anilines is 1. The van der Waals surface area contributed by atoms with Crippen molar-refractivity contribution in [2.75, 3.05) is 5.73 Å². The molecule has 0 amide bonds. The van der Waals surface area contributed by atoms with Crippen molar-refractivity contribution < 1.29 is 5.11 Å². The number of aliphatic hydroxyl groups is 1. The Labute approximate surface area is 179 Å². The first kappa shape index (κ1) is 19.1. The zero-order valence-corrected chi connectivity index (χ0v) is 17.4. The quantitative estimate of drug-likeness (QED) is 0.483. The van der Waals surface area contributed by atoms with E-state index in [1.165, 1.54) is 5.56 Å². The molecule has 3 aromatic heterocycles. The summed E-state index contributed by atoms with van der Waals surface area (Å²) in [5.74, 6) is 0.807. The molecule has 2 atom stereocenters. The van der Waals surface area contributed by atoms with Crippen LogP contribution in [0, 0.1) is 0 Å². The van der Waals surface area contributed by atoms with Gasteiger partial charge in [-0.05, 0) is 54.0 Å². The molecule has 0 saturated heterocycles. The predicted molar refractivity (Wildman–Crippen MR) is 117 cm³/mol. The lowest BCUT2D eigenvalue weighted by molar-refractivity contribution is 0.281. The number of aryl methyl sites for hydroxylation is 1. The maximum atomic E-state index is 9.47. The van der Waals surface area contributed by atoms with Crippen molar-refractivity contribution in [3.8, 4) is 11.3 Å². The van der Waals surface area contributed by atoms with Crippen molar-refractivity contribution >= 4 is 28.5 Å². The minimum absolute atomic E-state index is 0.0638. The number of aromatic nitrogens is 5. The van der Waals surface area contributed by atoms with Crippen LogP contribution in [0.4, 0.5) is 5.82 Å². The van der Waals surface area contributed by atoms with Crippen molar-refractivity contribution in [2.24, 2.45) is 7.05 Å². The van der Waals surface area contributed by atoms with Crippen LogP contribution in [0.1, 0.15) is 42.3 Å². The topological polar surface area (TPSA) is 94.8 Å². The minimum atomic E-state index is 0.0638. The Kier molecular flexibility index (Phi) is 4.72. The van der Waals surface area contributed by atoms with Gasteiger partial charge in [-0.25, -0.2) is 4.98 Å². The third-order valence-electron chi connectivity index (χ3n) is 6.07. The molecule has 5 rings (SSSR count). The number of nitrogen functional groups attached to an aromatic ring is 1. The molecule has 0 radical (unpaired) electrons. The third kappa shape index (κ3) is 3.24. The second kappa shape index (κ2) is 7.41. The largest absolute Gasteiger partial charge is 0.392 e. The monoisotopic (exact) mass is 422 g/mol. The highest BCUT2D eigenvalue weighted by Gasteiger charge is 2.30. The molecule has 0 spiro atoms. The molecule has 0 aliphatic heterocycles. The molecular weight excluding hydrogens is 400 g/mol. The van der Waals surface area contributed by atoms with Crippen molar-refractivity contribution in [2.45, 2.75) is 37.8 Å². The van der Waals surface area contributed by atoms with Crippen LogP contribution >= 0.6 is 11.6 Å². The number of fused-ring (bicyclic) bond motifs is 1. The molecule has 1 aromatic carbocycles. The Morgan fingerprint density at radius 1 is 1.23 bits per heavy atom. The summed E-state index contributed by atoms with van der Waals surface area (Å²) in [6.07, 6.45) is 7.09. The fraction of sp³-hybridized carbons (Fsp3) is 0.318. The van der Waals surface area contributed by atoms with Crippen LogP contribution < -0.4 is 5.73 Å². The molecular formula is C22H23ClN6O. The van der Waals surface area contributed by atoms with E-state index in [1.807, 2.05) is 31.4 Å². The number of nitrogens with zero attached hydrogens (tertiary/aromatic N) is 5. The first-order valence-corrected chi connectivity index (χ1v) is 10.4. The Bertz CT molecular complexity index is 1230. The van der Waals surface area contributed by atoms with Gasteiger partial charge in [-0.15, -0.1) is 0 Å². The van der Waals surface area contributed by atoms with Gasteiger partial charge >= 0.3 is 0 Å². The lowest BCUT2D eigenvalue weighted by Gasteiger charge is -2.15. The molecule has 0 bridgehead atoms. The van der Waals surface area contributed by atoms with E-state index in [-0.39, 0.29) is 17.9 Å². The van der Waals surface area contributed by atoms with Gasteiger partial charge in [0.05, 0.1) is 17.7 Å². The van der Waals surface area contributed by atoms with E-state index in [0.29, 0.717) is 11.7 Å². The van der Waals surface area contributed by atoms with Crippen molar-refractivity contribution in [3.05, 3.63) is 59.1 Å². The van der Waals surface area contributed by atoms with Crippen LogP contribution in [0.5, 0.6) is 0 Å². The van der Waals surface area contributed by atoms with E-state index in [0.717, 1.165) is 47.1 Å². The van der Waals surface area contributed by atoms with E-state index in [1.54, 1.807) is 4.68 Å². The maximum Gasteiger partial charge on any atom is 0.226 e. The molecule has 3 N–H and O–H groups in total. The van der Waals surface area contributed by atoms with Gasteiger partial charge in [0.15, 0.2) is 0 Å². The zero-order chi connectivity index (χ0) is 20.8. The number of halogens is 1. The Morgan fingerprint density at radius 2 is 2.10 bits per heavy atom. The van der Waals surface area contributed by atoms with E-state index < -0.39 is 0 Å². The first-order valence-electron chi connectivity index (χ1n) is 10.1. The fourth-order valence-corrected chi connectivity index (χ4v) is 4.81. The lowest BCUT2D eigenvalue weighted by atomic mass is 9.96. The molecule has 30 heavy (non-hydrogen) atoms. The van der Waals surface area contributed by atoms with Gasteiger partial charge in [-0.3, -0.25) is 4.68 Å². The first-order chi connectivity index (χ1) is 14.5. The number of hydrogen-bond acceptors (Lipinski definition) is 5. The van der Waals surface area contributed by atoms with Crippen LogP contribution in [0.25, 0.3) is 22.3 Å². The Hall–Kier alpha value is -2.90. The Morgan fingerprint density at radius 3 is 2.87 bits per heavy atom. The van der Waals surface area contributed by atoms with E-state index in [2.05, 4.69) is 38.0 Å².